The Labute approximate surface area is 127 Å². The van der Waals surface area contributed by atoms with Crippen LogP contribution in [0, 0.1) is 10.1 Å². The standard InChI is InChI=1S/C13H15N3O5S/c1-13(2,3)15-22(19,20)12-8-11(14-21-12)9-4-6-10(7-5-9)16(17)18/h4-8,15H,1-3H3. The normalized spacial score (nSPS) is 12.3. The number of nitrogens with zero attached hydrogens (tertiary/aromatic N) is 2. The molecule has 22 heavy (non-hydrogen) atoms. The van der Waals surface area contributed by atoms with Crippen molar-refractivity contribution in [3.05, 3.63) is 40.4 Å². The van der Waals surface area contributed by atoms with Gasteiger partial charge in [-0.2, -0.15) is 0 Å². The Hall–Kier alpha value is -2.26. The van der Waals surface area contributed by atoms with Gasteiger partial charge in [0.05, 0.1) is 4.92 Å². The predicted octanol–water partition coefficient (Wildman–Crippen LogP) is 2.33. The van der Waals surface area contributed by atoms with E-state index < -0.39 is 20.5 Å². The van der Waals surface area contributed by atoms with Crippen LogP contribution in [0.5, 0.6) is 0 Å². The Bertz CT molecular complexity index is 788. The molecular weight excluding hydrogens is 310 g/mol. The number of nitro groups is 1. The van der Waals surface area contributed by atoms with Gasteiger partial charge in [0.2, 0.25) is 0 Å². The quantitative estimate of drug-likeness (QED) is 0.681. The van der Waals surface area contributed by atoms with Crippen LogP contribution in [0.25, 0.3) is 11.3 Å². The number of rotatable bonds is 4. The lowest BCUT2D eigenvalue weighted by Gasteiger charge is -2.18. The Morgan fingerprint density at radius 1 is 1.23 bits per heavy atom. The van der Waals surface area contributed by atoms with Crippen molar-refractivity contribution in [2.45, 2.75) is 31.4 Å². The number of nitro benzene ring substituents is 1. The molecule has 1 N–H and O–H groups in total. The zero-order chi connectivity index (χ0) is 16.5. The van der Waals surface area contributed by atoms with Crippen LogP contribution in [-0.2, 0) is 10.0 Å². The highest BCUT2D eigenvalue weighted by atomic mass is 32.2. The number of non-ortho nitro benzene ring substituents is 1. The molecule has 0 radical (unpaired) electrons. The number of sulfonamides is 1. The summed E-state index contributed by atoms with van der Waals surface area (Å²) >= 11 is 0. The molecule has 8 nitrogen and oxygen atoms in total. The van der Waals surface area contributed by atoms with Crippen LogP contribution in [-0.4, -0.2) is 24.0 Å². The van der Waals surface area contributed by atoms with E-state index in [1.165, 1.54) is 30.3 Å². The first kappa shape index (κ1) is 16.1. The van der Waals surface area contributed by atoms with Crippen LogP contribution in [0.1, 0.15) is 20.8 Å². The van der Waals surface area contributed by atoms with Gasteiger partial charge in [-0.25, -0.2) is 13.1 Å². The fraction of sp³-hybridized carbons (Fsp3) is 0.308. The van der Waals surface area contributed by atoms with E-state index in [-0.39, 0.29) is 16.5 Å². The predicted molar refractivity (Wildman–Crippen MR) is 78.7 cm³/mol. The van der Waals surface area contributed by atoms with Gasteiger partial charge in [0.15, 0.2) is 0 Å². The van der Waals surface area contributed by atoms with E-state index in [1.807, 2.05) is 0 Å². The van der Waals surface area contributed by atoms with Crippen LogP contribution in [0.3, 0.4) is 0 Å². The molecule has 2 rings (SSSR count). The fourth-order valence-corrected chi connectivity index (χ4v) is 3.04. The van der Waals surface area contributed by atoms with Crippen molar-refractivity contribution in [3.8, 4) is 11.3 Å². The van der Waals surface area contributed by atoms with Gasteiger partial charge in [-0.05, 0) is 32.9 Å². The third kappa shape index (κ3) is 3.68. The van der Waals surface area contributed by atoms with Crippen LogP contribution in [0.15, 0.2) is 39.9 Å². The molecule has 0 fully saturated rings. The first-order valence-corrected chi connectivity index (χ1v) is 7.82. The van der Waals surface area contributed by atoms with Crippen molar-refractivity contribution < 1.29 is 17.9 Å². The molecule has 0 amide bonds. The smallest absolute Gasteiger partial charge is 0.277 e. The zero-order valence-electron chi connectivity index (χ0n) is 12.2. The second kappa shape index (κ2) is 5.50. The summed E-state index contributed by atoms with van der Waals surface area (Å²) in [6.45, 7) is 5.12. The summed E-state index contributed by atoms with van der Waals surface area (Å²) in [6.07, 6.45) is 0. The molecule has 0 unspecified atom stereocenters. The van der Waals surface area contributed by atoms with Gasteiger partial charge in [-0.3, -0.25) is 10.1 Å². The highest BCUT2D eigenvalue weighted by Crippen LogP contribution is 2.24. The largest absolute Gasteiger partial charge is 0.343 e. The van der Waals surface area contributed by atoms with Gasteiger partial charge < -0.3 is 4.52 Å². The molecule has 118 valence electrons. The molecule has 0 aliphatic rings. The molecule has 0 saturated heterocycles. The summed E-state index contributed by atoms with van der Waals surface area (Å²) in [5, 5.41) is 14.0. The monoisotopic (exact) mass is 325 g/mol. The minimum Gasteiger partial charge on any atom is -0.343 e. The Kier molecular flexibility index (Phi) is 4.03. The average Bonchev–Trinajstić information content (AvgIpc) is 2.86. The van der Waals surface area contributed by atoms with E-state index >= 15 is 0 Å². The van der Waals surface area contributed by atoms with Gasteiger partial charge >= 0.3 is 0 Å². The Morgan fingerprint density at radius 3 is 2.32 bits per heavy atom. The van der Waals surface area contributed by atoms with E-state index in [0.29, 0.717) is 5.56 Å². The van der Waals surface area contributed by atoms with Crippen molar-refractivity contribution in [1.82, 2.24) is 9.88 Å². The molecule has 1 aromatic heterocycles. The first-order chi connectivity index (χ1) is 10.1. The molecule has 1 aromatic carbocycles. The van der Waals surface area contributed by atoms with E-state index in [4.69, 9.17) is 4.52 Å². The van der Waals surface area contributed by atoms with Crippen LogP contribution >= 0.6 is 0 Å². The van der Waals surface area contributed by atoms with Gasteiger partial charge in [0, 0.05) is 29.3 Å². The molecular formula is C13H15N3O5S. The topological polar surface area (TPSA) is 115 Å². The lowest BCUT2D eigenvalue weighted by atomic mass is 10.1. The number of hydrogen-bond donors (Lipinski definition) is 1. The summed E-state index contributed by atoms with van der Waals surface area (Å²) in [5.74, 6) is 0. The SMILES string of the molecule is CC(C)(C)NS(=O)(=O)c1cc(-c2ccc([N+](=O)[O-])cc2)no1. The third-order valence-electron chi connectivity index (χ3n) is 2.57. The van der Waals surface area contributed by atoms with Gasteiger partial charge in [0.25, 0.3) is 20.8 Å². The van der Waals surface area contributed by atoms with Crippen molar-refractivity contribution in [2.75, 3.05) is 0 Å². The van der Waals surface area contributed by atoms with Crippen molar-refractivity contribution in [3.63, 3.8) is 0 Å². The molecule has 1 heterocycles. The minimum atomic E-state index is -3.81. The highest BCUT2D eigenvalue weighted by Gasteiger charge is 2.26. The molecule has 0 bridgehead atoms. The van der Waals surface area contributed by atoms with Gasteiger partial charge in [-0.15, -0.1) is 0 Å². The maximum Gasteiger partial charge on any atom is 0.277 e. The molecule has 2 aromatic rings. The van der Waals surface area contributed by atoms with E-state index in [0.717, 1.165) is 0 Å². The summed E-state index contributed by atoms with van der Waals surface area (Å²) in [4.78, 5) is 10.1. The van der Waals surface area contributed by atoms with E-state index in [9.17, 15) is 18.5 Å². The lowest BCUT2D eigenvalue weighted by Crippen LogP contribution is -2.40. The van der Waals surface area contributed by atoms with Crippen LogP contribution < -0.4 is 4.72 Å². The number of aromatic nitrogens is 1. The third-order valence-corrected chi connectivity index (χ3v) is 4.17. The number of hydrogen-bond acceptors (Lipinski definition) is 6. The van der Waals surface area contributed by atoms with Crippen molar-refractivity contribution in [2.24, 2.45) is 0 Å². The lowest BCUT2D eigenvalue weighted by molar-refractivity contribution is -0.384. The second-order valence-corrected chi connectivity index (χ2v) is 7.30. The maximum atomic E-state index is 12.1. The number of nitrogens with one attached hydrogen (secondary N) is 1. The molecule has 0 spiro atoms. The Morgan fingerprint density at radius 2 is 1.82 bits per heavy atom. The first-order valence-electron chi connectivity index (χ1n) is 6.34. The Balaban J connectivity index is 2.30. The van der Waals surface area contributed by atoms with Crippen LogP contribution in [0.2, 0.25) is 0 Å². The van der Waals surface area contributed by atoms with Crippen molar-refractivity contribution in [1.29, 1.82) is 0 Å². The molecule has 9 heteroatoms. The number of benzene rings is 1. The highest BCUT2D eigenvalue weighted by molar-refractivity contribution is 7.89. The van der Waals surface area contributed by atoms with E-state index in [1.54, 1.807) is 20.8 Å². The maximum absolute atomic E-state index is 12.1. The molecule has 0 aliphatic heterocycles. The molecule has 0 aliphatic carbocycles. The second-order valence-electron chi connectivity index (χ2n) is 5.69. The zero-order valence-corrected chi connectivity index (χ0v) is 13.0. The van der Waals surface area contributed by atoms with Crippen LogP contribution in [0.4, 0.5) is 5.69 Å². The average molecular weight is 325 g/mol. The fourth-order valence-electron chi connectivity index (χ4n) is 1.73. The van der Waals surface area contributed by atoms with Gasteiger partial charge in [-0.1, -0.05) is 5.16 Å². The summed E-state index contributed by atoms with van der Waals surface area (Å²) in [5.41, 5.74) is 0.0873. The molecule has 0 atom stereocenters. The molecule has 0 saturated carbocycles. The minimum absolute atomic E-state index is 0.0607. The van der Waals surface area contributed by atoms with Crippen molar-refractivity contribution >= 4 is 15.7 Å². The summed E-state index contributed by atoms with van der Waals surface area (Å²) < 4.78 is 31.5. The summed E-state index contributed by atoms with van der Waals surface area (Å²) in [6, 6.07) is 6.85. The van der Waals surface area contributed by atoms with Gasteiger partial charge in [0.1, 0.15) is 5.69 Å². The summed E-state index contributed by atoms with van der Waals surface area (Å²) in [7, 11) is -3.81. The van der Waals surface area contributed by atoms with E-state index in [2.05, 4.69) is 9.88 Å².